The van der Waals surface area contributed by atoms with Crippen molar-refractivity contribution >= 4 is 60.5 Å². The summed E-state index contributed by atoms with van der Waals surface area (Å²) in [4.78, 5) is 0. The van der Waals surface area contributed by atoms with E-state index >= 15 is 0 Å². The summed E-state index contributed by atoms with van der Waals surface area (Å²) in [5.74, 6) is 0. The molecule has 0 saturated heterocycles. The molecule has 234 valence electrons. The second-order valence-electron chi connectivity index (χ2n) is 12.3. The second-order valence-corrected chi connectivity index (χ2v) is 12.3. The summed E-state index contributed by atoms with van der Waals surface area (Å²) in [6.45, 7) is 14.3. The van der Waals surface area contributed by atoms with Crippen molar-refractivity contribution < 1.29 is 0 Å². The first-order valence-electron chi connectivity index (χ1n) is 16.7. The summed E-state index contributed by atoms with van der Waals surface area (Å²) in [5, 5.41) is 4.97. The average Bonchev–Trinajstić information content (AvgIpc) is 3.68. The van der Waals surface area contributed by atoms with Gasteiger partial charge in [-0.3, -0.25) is 0 Å². The molecule has 0 amide bonds. The van der Waals surface area contributed by atoms with Crippen molar-refractivity contribution in [1.82, 2.24) is 9.13 Å². The van der Waals surface area contributed by atoms with Gasteiger partial charge in [0.2, 0.25) is 0 Å². The molecule has 2 heterocycles. The van der Waals surface area contributed by atoms with Gasteiger partial charge in [0.05, 0.1) is 27.8 Å². The van der Waals surface area contributed by atoms with Crippen molar-refractivity contribution in [3.8, 4) is 16.8 Å². The van der Waals surface area contributed by atoms with Crippen LogP contribution >= 0.6 is 0 Å². The lowest BCUT2D eigenvalue weighted by atomic mass is 10.00. The van der Waals surface area contributed by atoms with Gasteiger partial charge < -0.3 is 9.13 Å². The Morgan fingerprint density at radius 3 is 1.86 bits per heavy atom. The van der Waals surface area contributed by atoms with Gasteiger partial charge in [0.25, 0.3) is 0 Å². The van der Waals surface area contributed by atoms with Gasteiger partial charge in [-0.05, 0) is 71.2 Å². The number of hydrogen-bond acceptors (Lipinski definition) is 0. The topological polar surface area (TPSA) is 9.86 Å². The maximum Gasteiger partial charge on any atom is 0.0549 e. The Bertz CT molecular complexity index is 2640. The molecular weight excluding hydrogens is 593 g/mol. The molecule has 8 rings (SSSR count). The van der Waals surface area contributed by atoms with Crippen LogP contribution in [0, 0.1) is 0 Å². The minimum atomic E-state index is 0.909. The molecule has 0 fully saturated rings. The van der Waals surface area contributed by atoms with Crippen LogP contribution in [0.5, 0.6) is 0 Å². The van der Waals surface area contributed by atoms with E-state index in [2.05, 4.69) is 187 Å². The molecule has 6 aromatic carbocycles. The normalized spacial score (nSPS) is 12.3. The van der Waals surface area contributed by atoms with E-state index in [0.29, 0.717) is 0 Å². The fourth-order valence-corrected chi connectivity index (χ4v) is 7.28. The fraction of sp³-hybridized carbons (Fsp3) is 0.0213. The van der Waals surface area contributed by atoms with Crippen LogP contribution in [0.3, 0.4) is 0 Å². The molecule has 0 atom stereocenters. The van der Waals surface area contributed by atoms with Gasteiger partial charge in [0, 0.05) is 32.8 Å². The number of fused-ring (bicyclic) bond motifs is 7. The lowest BCUT2D eigenvalue weighted by Crippen LogP contribution is -1.97. The zero-order valence-corrected chi connectivity index (χ0v) is 27.6. The molecule has 0 bridgehead atoms. The van der Waals surface area contributed by atoms with E-state index in [4.69, 9.17) is 0 Å². The van der Waals surface area contributed by atoms with Crippen molar-refractivity contribution in [2.75, 3.05) is 0 Å². The Morgan fingerprint density at radius 2 is 1.14 bits per heavy atom. The maximum absolute atomic E-state index is 4.20. The first kappa shape index (κ1) is 30.0. The van der Waals surface area contributed by atoms with E-state index in [1.54, 1.807) is 6.08 Å². The zero-order valence-electron chi connectivity index (χ0n) is 27.6. The minimum Gasteiger partial charge on any atom is -0.310 e. The molecule has 0 unspecified atom stereocenters. The number of rotatable bonds is 8. The Morgan fingerprint density at radius 1 is 0.551 bits per heavy atom. The monoisotopic (exact) mass is 628 g/mol. The van der Waals surface area contributed by atoms with Gasteiger partial charge >= 0.3 is 0 Å². The van der Waals surface area contributed by atoms with Gasteiger partial charge in [-0.25, -0.2) is 0 Å². The number of allylic oxidation sites excluding steroid dienone is 7. The summed E-state index contributed by atoms with van der Waals surface area (Å²) >= 11 is 0. The van der Waals surface area contributed by atoms with Crippen LogP contribution in [-0.2, 0) is 0 Å². The quantitative estimate of drug-likeness (QED) is 0.148. The third-order valence-electron chi connectivity index (χ3n) is 9.61. The molecule has 49 heavy (non-hydrogen) atoms. The summed E-state index contributed by atoms with van der Waals surface area (Å²) in [6.07, 6.45) is 8.15. The molecule has 0 radical (unpaired) electrons. The molecular formula is C47H36N2. The Hall–Kier alpha value is -6.38. The number of hydrogen-bond donors (Lipinski definition) is 0. The van der Waals surface area contributed by atoms with Crippen LogP contribution in [0.15, 0.2) is 184 Å². The van der Waals surface area contributed by atoms with Gasteiger partial charge in [-0.1, -0.05) is 147 Å². The highest BCUT2D eigenvalue weighted by atomic mass is 15.0. The molecule has 0 N–H and O–H groups in total. The van der Waals surface area contributed by atoms with Gasteiger partial charge in [-0.15, -0.1) is 0 Å². The summed E-state index contributed by atoms with van der Waals surface area (Å²) in [6, 6.07) is 50.0. The van der Waals surface area contributed by atoms with E-state index in [-0.39, 0.29) is 0 Å². The highest BCUT2D eigenvalue weighted by molar-refractivity contribution is 6.29. The largest absolute Gasteiger partial charge is 0.310 e. The second kappa shape index (κ2) is 12.3. The molecule has 0 aliphatic carbocycles. The maximum atomic E-state index is 4.20. The number of para-hydroxylation sites is 3. The van der Waals surface area contributed by atoms with Crippen LogP contribution in [0.2, 0.25) is 0 Å². The van der Waals surface area contributed by atoms with Crippen LogP contribution in [0.25, 0.3) is 77.3 Å². The summed E-state index contributed by atoms with van der Waals surface area (Å²) < 4.78 is 4.83. The van der Waals surface area contributed by atoms with Crippen molar-refractivity contribution in [3.63, 3.8) is 0 Å². The average molecular weight is 629 g/mol. The first-order valence-corrected chi connectivity index (χ1v) is 16.7. The third kappa shape index (κ3) is 4.89. The van der Waals surface area contributed by atoms with Crippen LogP contribution in [-0.4, -0.2) is 9.13 Å². The van der Waals surface area contributed by atoms with Crippen LogP contribution in [0.4, 0.5) is 0 Å². The van der Waals surface area contributed by atoms with Crippen LogP contribution < -0.4 is 0 Å². The predicted octanol–water partition coefficient (Wildman–Crippen LogP) is 12.9. The standard InChI is InChI=1S/C47H36N2/c1-5-32(4)34-25-27-35(28-26-34)33(6-2)31-37(7-3)48-42-23-15-12-20-39(42)46-44(48)29-30-45-47(46)40-21-13-16-24-43(40)49(45)41-22-14-11-19-38(41)36-17-9-8-10-18-36/h5-31H,1-2,4H2,3H3/b33-31+,37-7+. The lowest BCUT2D eigenvalue weighted by Gasteiger charge is -2.14. The van der Waals surface area contributed by atoms with E-state index in [9.17, 15) is 0 Å². The van der Waals surface area contributed by atoms with E-state index in [1.165, 1.54) is 54.9 Å². The number of benzene rings is 6. The number of aromatic nitrogens is 2. The zero-order chi connectivity index (χ0) is 33.5. The summed E-state index contributed by atoms with van der Waals surface area (Å²) in [5.41, 5.74) is 13.5. The lowest BCUT2D eigenvalue weighted by molar-refractivity contribution is 1.18. The van der Waals surface area contributed by atoms with E-state index < -0.39 is 0 Å². The fourth-order valence-electron chi connectivity index (χ4n) is 7.28. The van der Waals surface area contributed by atoms with E-state index in [1.807, 2.05) is 6.08 Å². The van der Waals surface area contributed by atoms with Crippen molar-refractivity contribution in [3.05, 3.63) is 195 Å². The van der Waals surface area contributed by atoms with Gasteiger partial charge in [0.1, 0.15) is 0 Å². The molecule has 0 saturated carbocycles. The molecule has 2 nitrogen and oxygen atoms in total. The highest BCUT2D eigenvalue weighted by Gasteiger charge is 2.21. The Labute approximate surface area is 287 Å². The minimum absolute atomic E-state index is 0.909. The smallest absolute Gasteiger partial charge is 0.0549 e. The van der Waals surface area contributed by atoms with E-state index in [0.717, 1.165) is 33.5 Å². The molecule has 2 aromatic heterocycles. The van der Waals surface area contributed by atoms with Crippen molar-refractivity contribution in [1.29, 1.82) is 0 Å². The van der Waals surface area contributed by atoms with Gasteiger partial charge in [0.15, 0.2) is 0 Å². The Kier molecular flexibility index (Phi) is 7.55. The molecule has 8 aromatic rings. The SMILES string of the molecule is C=CC(=C)c1ccc(/C(C=C)=C/C(=C\C)n2c3ccccc3c3c4c5ccccc5n(-c5ccccc5-c5ccccc5)c4ccc32)cc1. The molecule has 0 aliphatic heterocycles. The number of nitrogens with zero attached hydrogens (tertiary/aromatic N) is 2. The highest BCUT2D eigenvalue weighted by Crippen LogP contribution is 2.43. The molecule has 0 spiro atoms. The first-order chi connectivity index (χ1) is 24.1. The third-order valence-corrected chi connectivity index (χ3v) is 9.61. The molecule has 0 aliphatic rings. The van der Waals surface area contributed by atoms with Gasteiger partial charge in [-0.2, -0.15) is 0 Å². The Balaban J connectivity index is 1.40. The van der Waals surface area contributed by atoms with Crippen molar-refractivity contribution in [2.45, 2.75) is 6.92 Å². The summed E-state index contributed by atoms with van der Waals surface area (Å²) in [7, 11) is 0. The van der Waals surface area contributed by atoms with Crippen molar-refractivity contribution in [2.24, 2.45) is 0 Å². The molecule has 2 heteroatoms. The predicted molar refractivity (Wildman–Crippen MR) is 213 cm³/mol. The van der Waals surface area contributed by atoms with Crippen LogP contribution in [0.1, 0.15) is 18.1 Å².